The molecule has 1 aliphatic rings. The summed E-state index contributed by atoms with van der Waals surface area (Å²) in [5, 5.41) is 0. The maximum Gasteiger partial charge on any atom is 0.0249 e. The summed E-state index contributed by atoms with van der Waals surface area (Å²) in [7, 11) is 0. The van der Waals surface area contributed by atoms with Crippen LogP contribution in [0.3, 0.4) is 0 Å². The largest absolute Gasteiger partial charge is 0.0917 e. The zero-order chi connectivity index (χ0) is 19.6. The van der Waals surface area contributed by atoms with E-state index in [9.17, 15) is 0 Å². The van der Waals surface area contributed by atoms with Gasteiger partial charge in [0, 0.05) is 11.1 Å². The quantitative estimate of drug-likeness (QED) is 0.361. The van der Waals surface area contributed by atoms with E-state index in [1.54, 1.807) is 0 Å². The van der Waals surface area contributed by atoms with Crippen molar-refractivity contribution in [3.05, 3.63) is 82.9 Å². The van der Waals surface area contributed by atoms with Gasteiger partial charge in [-0.1, -0.05) is 68.0 Å². The smallest absolute Gasteiger partial charge is 0.0249 e. The summed E-state index contributed by atoms with van der Waals surface area (Å²) in [6.07, 6.45) is 14.8. The van der Waals surface area contributed by atoms with E-state index in [-0.39, 0.29) is 0 Å². The number of allylic oxidation sites excluding steroid dienone is 2. The van der Waals surface area contributed by atoms with Crippen molar-refractivity contribution in [2.45, 2.75) is 71.1 Å². The molecule has 0 saturated heterocycles. The molecule has 0 heterocycles. The Morgan fingerprint density at radius 1 is 0.857 bits per heavy atom. The van der Waals surface area contributed by atoms with Crippen LogP contribution in [0.4, 0.5) is 0 Å². The van der Waals surface area contributed by atoms with Gasteiger partial charge in [-0.3, -0.25) is 0 Å². The molecule has 0 N–H and O–H groups in total. The monoisotopic (exact) mass is 370 g/mol. The Kier molecular flexibility index (Phi) is 7.98. The number of benzene rings is 2. The lowest BCUT2D eigenvalue weighted by molar-refractivity contribution is 0.308. The van der Waals surface area contributed by atoms with Gasteiger partial charge >= 0.3 is 0 Å². The molecule has 146 valence electrons. The summed E-state index contributed by atoms with van der Waals surface area (Å²) in [6.45, 7) is 4.38. The fraction of sp³-hybridized carbons (Fsp3) is 0.429. The molecule has 1 fully saturated rings. The van der Waals surface area contributed by atoms with Gasteiger partial charge in [0.1, 0.15) is 0 Å². The van der Waals surface area contributed by atoms with Crippen LogP contribution < -0.4 is 0 Å². The molecular formula is C28H34. The van der Waals surface area contributed by atoms with Crippen LogP contribution in [-0.2, 0) is 6.42 Å². The average molecular weight is 371 g/mol. The molecular weight excluding hydrogens is 336 g/mol. The molecule has 0 aliphatic heterocycles. The molecule has 0 atom stereocenters. The first-order valence-electron chi connectivity index (χ1n) is 11.1. The number of rotatable bonds is 6. The van der Waals surface area contributed by atoms with Gasteiger partial charge in [-0.15, -0.1) is 0 Å². The zero-order valence-electron chi connectivity index (χ0n) is 17.6. The highest BCUT2D eigenvalue weighted by atomic mass is 14.3. The Morgan fingerprint density at radius 2 is 1.46 bits per heavy atom. The van der Waals surface area contributed by atoms with Crippen LogP contribution in [0.2, 0.25) is 0 Å². The summed E-state index contributed by atoms with van der Waals surface area (Å²) in [5.74, 6) is 8.36. The van der Waals surface area contributed by atoms with Gasteiger partial charge in [-0.2, -0.15) is 0 Å². The predicted molar refractivity (Wildman–Crippen MR) is 122 cm³/mol. The van der Waals surface area contributed by atoms with Gasteiger partial charge in [0.05, 0.1) is 0 Å². The maximum atomic E-state index is 3.33. The third-order valence-electron chi connectivity index (χ3n) is 6.07. The highest BCUT2D eigenvalue weighted by Gasteiger charge is 2.21. The van der Waals surface area contributed by atoms with Crippen molar-refractivity contribution in [3.63, 3.8) is 0 Å². The molecule has 0 bridgehead atoms. The van der Waals surface area contributed by atoms with Crippen molar-refractivity contribution in [1.29, 1.82) is 0 Å². The first kappa shape index (κ1) is 20.5. The zero-order valence-corrected chi connectivity index (χ0v) is 17.6. The molecule has 0 unspecified atom stereocenters. The van der Waals surface area contributed by atoms with E-state index >= 15 is 0 Å². The molecule has 0 amide bonds. The normalized spacial score (nSPS) is 19.4. The summed E-state index contributed by atoms with van der Waals surface area (Å²) in [4.78, 5) is 0. The highest BCUT2D eigenvalue weighted by molar-refractivity contribution is 5.44. The lowest BCUT2D eigenvalue weighted by Crippen LogP contribution is -2.13. The van der Waals surface area contributed by atoms with E-state index < -0.39 is 0 Å². The van der Waals surface area contributed by atoms with Crippen LogP contribution in [0.15, 0.2) is 60.7 Å². The van der Waals surface area contributed by atoms with Crippen LogP contribution in [0.25, 0.3) is 0 Å². The van der Waals surface area contributed by atoms with Crippen LogP contribution in [0, 0.1) is 17.8 Å². The lowest BCUT2D eigenvalue weighted by atomic mass is 9.77. The predicted octanol–water partition coefficient (Wildman–Crippen LogP) is 7.67. The Hall–Kier alpha value is -2.26. The molecule has 1 aliphatic carbocycles. The SMILES string of the molecule is CC=CCCc1ccc(C#Cc2ccc(C3CCC(CCC)CC3)cc2)cc1. The van der Waals surface area contributed by atoms with Crippen molar-refractivity contribution in [2.75, 3.05) is 0 Å². The van der Waals surface area contributed by atoms with Gasteiger partial charge in [-0.05, 0) is 92.7 Å². The van der Waals surface area contributed by atoms with Crippen LogP contribution in [0.5, 0.6) is 0 Å². The molecule has 28 heavy (non-hydrogen) atoms. The van der Waals surface area contributed by atoms with Gasteiger partial charge in [0.15, 0.2) is 0 Å². The van der Waals surface area contributed by atoms with Crippen molar-refractivity contribution < 1.29 is 0 Å². The lowest BCUT2D eigenvalue weighted by Gasteiger charge is -2.28. The fourth-order valence-corrected chi connectivity index (χ4v) is 4.35. The molecule has 0 nitrogen and oxygen atoms in total. The third-order valence-corrected chi connectivity index (χ3v) is 6.07. The van der Waals surface area contributed by atoms with Crippen molar-refractivity contribution in [2.24, 2.45) is 5.92 Å². The Bertz CT molecular complexity index is 788. The summed E-state index contributed by atoms with van der Waals surface area (Å²) in [6, 6.07) is 17.7. The van der Waals surface area contributed by atoms with Crippen LogP contribution in [0.1, 0.15) is 87.0 Å². The third kappa shape index (κ3) is 6.13. The molecule has 1 saturated carbocycles. The molecule has 0 heteroatoms. The van der Waals surface area contributed by atoms with E-state index in [0.29, 0.717) is 0 Å². The van der Waals surface area contributed by atoms with E-state index in [2.05, 4.69) is 86.4 Å². The highest BCUT2D eigenvalue weighted by Crippen LogP contribution is 2.37. The average Bonchev–Trinajstić information content (AvgIpc) is 2.75. The Morgan fingerprint density at radius 3 is 2.04 bits per heavy atom. The second-order valence-electron chi connectivity index (χ2n) is 8.18. The van der Waals surface area contributed by atoms with Crippen molar-refractivity contribution in [1.82, 2.24) is 0 Å². The number of hydrogen-bond acceptors (Lipinski definition) is 0. The molecule has 0 spiro atoms. The van der Waals surface area contributed by atoms with Crippen molar-refractivity contribution >= 4 is 0 Å². The topological polar surface area (TPSA) is 0 Å². The van der Waals surface area contributed by atoms with E-state index in [1.165, 1.54) is 49.7 Å². The minimum Gasteiger partial charge on any atom is -0.0917 e. The number of hydrogen-bond donors (Lipinski definition) is 0. The van der Waals surface area contributed by atoms with Crippen LogP contribution in [-0.4, -0.2) is 0 Å². The first-order chi connectivity index (χ1) is 13.8. The van der Waals surface area contributed by atoms with E-state index in [0.717, 1.165) is 35.8 Å². The van der Waals surface area contributed by atoms with Gasteiger partial charge in [0.25, 0.3) is 0 Å². The molecule has 2 aromatic rings. The van der Waals surface area contributed by atoms with Gasteiger partial charge in [-0.25, -0.2) is 0 Å². The molecule has 2 aromatic carbocycles. The second-order valence-corrected chi connectivity index (χ2v) is 8.18. The Labute approximate surface area is 172 Å². The second kappa shape index (κ2) is 10.9. The summed E-state index contributed by atoms with van der Waals surface area (Å²) >= 11 is 0. The maximum absolute atomic E-state index is 3.33. The minimum absolute atomic E-state index is 0.755. The van der Waals surface area contributed by atoms with Crippen molar-refractivity contribution in [3.8, 4) is 11.8 Å². The minimum atomic E-state index is 0.755. The Balaban J connectivity index is 1.55. The standard InChI is InChI=1S/C28H34/c1-3-5-6-8-24-9-11-25(12-10-24)13-14-26-17-21-28(22-18-26)27-19-15-23(7-4-2)16-20-27/h3,5,9-12,17-18,21-23,27H,4,6-8,15-16,19-20H2,1-2H3. The van der Waals surface area contributed by atoms with E-state index in [1.807, 2.05) is 0 Å². The first-order valence-corrected chi connectivity index (χ1v) is 11.1. The summed E-state index contributed by atoms with van der Waals surface area (Å²) in [5.41, 5.74) is 5.08. The van der Waals surface area contributed by atoms with Crippen LogP contribution >= 0.6 is 0 Å². The molecule has 3 rings (SSSR count). The molecule has 0 aromatic heterocycles. The van der Waals surface area contributed by atoms with Gasteiger partial charge in [0.2, 0.25) is 0 Å². The number of aryl methyl sites for hydroxylation is 1. The van der Waals surface area contributed by atoms with E-state index in [4.69, 9.17) is 0 Å². The summed E-state index contributed by atoms with van der Waals surface area (Å²) < 4.78 is 0. The van der Waals surface area contributed by atoms with Gasteiger partial charge < -0.3 is 0 Å². The molecule has 0 radical (unpaired) electrons. The fourth-order valence-electron chi connectivity index (χ4n) is 4.35.